The molecule has 0 saturated carbocycles. The fourth-order valence-electron chi connectivity index (χ4n) is 5.06. The third-order valence-electron chi connectivity index (χ3n) is 6.89. The molecule has 2 aliphatic heterocycles. The van der Waals surface area contributed by atoms with Crippen molar-refractivity contribution < 1.29 is 9.59 Å². The van der Waals surface area contributed by atoms with Gasteiger partial charge in [0.05, 0.1) is 11.7 Å². The Morgan fingerprint density at radius 2 is 1.41 bits per heavy atom. The Kier molecular flexibility index (Phi) is 6.32. The van der Waals surface area contributed by atoms with Gasteiger partial charge in [-0.05, 0) is 29.7 Å². The van der Waals surface area contributed by atoms with Crippen LogP contribution in [0, 0.1) is 0 Å². The fraction of sp³-hybridized carbons (Fsp3) is 0.286. The van der Waals surface area contributed by atoms with Crippen LogP contribution in [0.2, 0.25) is 0 Å². The number of nitrogens with zero attached hydrogens (tertiary/aromatic N) is 2. The topological polar surface area (TPSA) is 64.7 Å². The quantitative estimate of drug-likeness (QED) is 0.606. The van der Waals surface area contributed by atoms with Crippen LogP contribution in [0.15, 0.2) is 91.0 Å². The van der Waals surface area contributed by atoms with Gasteiger partial charge in [-0.3, -0.25) is 10.1 Å². The number of benzene rings is 3. The molecule has 5 rings (SSSR count). The van der Waals surface area contributed by atoms with Gasteiger partial charge in [-0.25, -0.2) is 4.79 Å². The Hall–Kier alpha value is -3.64. The van der Waals surface area contributed by atoms with Crippen LogP contribution in [0.1, 0.15) is 24.0 Å². The minimum absolute atomic E-state index is 0.0965. The zero-order valence-electron chi connectivity index (χ0n) is 19.2. The lowest BCUT2D eigenvalue weighted by Gasteiger charge is -2.44. The smallest absolute Gasteiger partial charge is 0.321 e. The van der Waals surface area contributed by atoms with E-state index >= 15 is 0 Å². The third kappa shape index (κ3) is 4.68. The van der Waals surface area contributed by atoms with Gasteiger partial charge in [0.15, 0.2) is 0 Å². The highest BCUT2D eigenvalue weighted by Crippen LogP contribution is 2.35. The summed E-state index contributed by atoms with van der Waals surface area (Å²) in [5, 5.41) is 6.68. The number of hydrogen-bond donors (Lipinski definition) is 2. The van der Waals surface area contributed by atoms with Gasteiger partial charge in [0.1, 0.15) is 0 Å². The molecule has 34 heavy (non-hydrogen) atoms. The SMILES string of the molecule is O=C(Nc1ccccc1)N1CCC2(CC1)NC(Cc1ccccc1)C(=O)N2Cc1ccccc1. The first-order valence-electron chi connectivity index (χ1n) is 11.9. The zero-order chi connectivity index (χ0) is 23.4. The first kappa shape index (κ1) is 22.2. The van der Waals surface area contributed by atoms with E-state index in [9.17, 15) is 9.59 Å². The molecule has 0 radical (unpaired) electrons. The van der Waals surface area contributed by atoms with Gasteiger partial charge in [0.2, 0.25) is 5.91 Å². The molecular weight excluding hydrogens is 424 g/mol. The molecule has 2 aliphatic rings. The highest BCUT2D eigenvalue weighted by Gasteiger charge is 2.51. The summed E-state index contributed by atoms with van der Waals surface area (Å²) in [5.41, 5.74) is 2.59. The zero-order valence-corrected chi connectivity index (χ0v) is 19.2. The van der Waals surface area contributed by atoms with E-state index in [0.717, 1.165) is 16.8 Å². The molecule has 2 N–H and O–H groups in total. The molecule has 6 nitrogen and oxygen atoms in total. The van der Waals surface area contributed by atoms with Crippen LogP contribution in [0.4, 0.5) is 10.5 Å². The summed E-state index contributed by atoms with van der Waals surface area (Å²) in [6, 6.07) is 29.4. The monoisotopic (exact) mass is 454 g/mol. The molecule has 2 heterocycles. The number of rotatable bonds is 5. The van der Waals surface area contributed by atoms with Crippen LogP contribution in [-0.4, -0.2) is 46.5 Å². The number of amides is 3. The van der Waals surface area contributed by atoms with Crippen molar-refractivity contribution in [2.45, 2.75) is 37.5 Å². The summed E-state index contributed by atoms with van der Waals surface area (Å²) >= 11 is 0. The molecule has 2 saturated heterocycles. The highest BCUT2D eigenvalue weighted by atomic mass is 16.2. The van der Waals surface area contributed by atoms with Crippen molar-refractivity contribution in [2.75, 3.05) is 18.4 Å². The van der Waals surface area contributed by atoms with E-state index in [4.69, 9.17) is 0 Å². The number of para-hydroxylation sites is 1. The van der Waals surface area contributed by atoms with Crippen molar-refractivity contribution in [1.29, 1.82) is 0 Å². The van der Waals surface area contributed by atoms with Gasteiger partial charge >= 0.3 is 6.03 Å². The van der Waals surface area contributed by atoms with Gasteiger partial charge in [-0.1, -0.05) is 78.9 Å². The van der Waals surface area contributed by atoms with E-state index in [1.54, 1.807) is 0 Å². The van der Waals surface area contributed by atoms with E-state index < -0.39 is 5.66 Å². The minimum Gasteiger partial charge on any atom is -0.324 e. The molecular formula is C28H30N4O2. The van der Waals surface area contributed by atoms with Crippen molar-refractivity contribution in [3.8, 4) is 0 Å². The Bertz CT molecular complexity index is 1110. The van der Waals surface area contributed by atoms with E-state index in [1.165, 1.54) is 0 Å². The van der Waals surface area contributed by atoms with Crippen LogP contribution in [0.25, 0.3) is 0 Å². The second-order valence-corrected chi connectivity index (χ2v) is 9.11. The second kappa shape index (κ2) is 9.69. The highest BCUT2D eigenvalue weighted by molar-refractivity contribution is 5.89. The van der Waals surface area contributed by atoms with E-state index in [0.29, 0.717) is 38.9 Å². The molecule has 1 atom stereocenters. The lowest BCUT2D eigenvalue weighted by atomic mass is 9.95. The number of piperidine rings is 1. The summed E-state index contributed by atoms with van der Waals surface area (Å²) in [6.45, 7) is 1.73. The minimum atomic E-state index is -0.449. The molecule has 0 aromatic heterocycles. The van der Waals surface area contributed by atoms with Crippen molar-refractivity contribution >= 4 is 17.6 Å². The maximum Gasteiger partial charge on any atom is 0.321 e. The number of urea groups is 1. The van der Waals surface area contributed by atoms with Gasteiger partial charge in [0, 0.05) is 38.2 Å². The lowest BCUT2D eigenvalue weighted by molar-refractivity contribution is -0.134. The predicted molar refractivity (Wildman–Crippen MR) is 133 cm³/mol. The summed E-state index contributed by atoms with van der Waals surface area (Å²) in [5.74, 6) is 0.134. The summed E-state index contributed by atoms with van der Waals surface area (Å²) in [4.78, 5) is 30.3. The van der Waals surface area contributed by atoms with Gasteiger partial charge < -0.3 is 15.1 Å². The van der Waals surface area contributed by atoms with Crippen molar-refractivity contribution in [3.63, 3.8) is 0 Å². The molecule has 174 valence electrons. The number of hydrogen-bond acceptors (Lipinski definition) is 3. The summed E-state index contributed by atoms with van der Waals surface area (Å²) in [6.07, 6.45) is 2.04. The lowest BCUT2D eigenvalue weighted by Crippen LogP contribution is -2.59. The second-order valence-electron chi connectivity index (χ2n) is 9.11. The van der Waals surface area contributed by atoms with Crippen molar-refractivity contribution in [2.24, 2.45) is 0 Å². The number of carbonyl (C=O) groups is 2. The third-order valence-corrected chi connectivity index (χ3v) is 6.89. The van der Waals surface area contributed by atoms with Gasteiger partial charge in [0.25, 0.3) is 0 Å². The average molecular weight is 455 g/mol. The molecule has 0 aliphatic carbocycles. The maximum atomic E-state index is 13.6. The number of anilines is 1. The fourth-order valence-corrected chi connectivity index (χ4v) is 5.06. The van der Waals surface area contributed by atoms with Crippen molar-refractivity contribution in [3.05, 3.63) is 102 Å². The number of nitrogens with one attached hydrogen (secondary N) is 2. The van der Waals surface area contributed by atoms with Crippen LogP contribution in [0.5, 0.6) is 0 Å². The Balaban J connectivity index is 1.32. The average Bonchev–Trinajstić information content (AvgIpc) is 3.11. The summed E-state index contributed by atoms with van der Waals surface area (Å²) < 4.78 is 0. The molecule has 1 spiro atoms. The van der Waals surface area contributed by atoms with Crippen LogP contribution in [-0.2, 0) is 17.8 Å². The number of carbonyl (C=O) groups excluding carboxylic acids is 2. The summed E-state index contributed by atoms with van der Waals surface area (Å²) in [7, 11) is 0. The number of likely N-dealkylation sites (tertiary alicyclic amines) is 1. The molecule has 3 aromatic carbocycles. The predicted octanol–water partition coefficient (Wildman–Crippen LogP) is 4.25. The first-order valence-corrected chi connectivity index (χ1v) is 11.9. The van der Waals surface area contributed by atoms with Gasteiger partial charge in [-0.15, -0.1) is 0 Å². The first-order chi connectivity index (χ1) is 16.6. The normalized spacial score (nSPS) is 19.4. The molecule has 0 bridgehead atoms. The Morgan fingerprint density at radius 1 is 0.853 bits per heavy atom. The van der Waals surface area contributed by atoms with Crippen LogP contribution in [0.3, 0.4) is 0 Å². The molecule has 2 fully saturated rings. The molecule has 3 amide bonds. The maximum absolute atomic E-state index is 13.6. The van der Waals surface area contributed by atoms with E-state index in [1.807, 2.05) is 76.5 Å². The Morgan fingerprint density at radius 3 is 2.03 bits per heavy atom. The van der Waals surface area contributed by atoms with Crippen LogP contribution < -0.4 is 10.6 Å². The Labute approximate surface area is 200 Å². The standard InChI is InChI=1S/C28H30N4O2/c33-26-25(20-22-10-4-1-5-11-22)30-28(32(26)21-23-12-6-2-7-13-23)16-18-31(19-17-28)27(34)29-24-14-8-3-9-15-24/h1-15,25,30H,16-21H2,(H,29,34). The molecule has 3 aromatic rings. The van der Waals surface area contributed by atoms with E-state index in [-0.39, 0.29) is 18.0 Å². The van der Waals surface area contributed by atoms with E-state index in [2.05, 4.69) is 34.9 Å². The van der Waals surface area contributed by atoms with Crippen LogP contribution >= 0.6 is 0 Å². The molecule has 1 unspecified atom stereocenters. The van der Waals surface area contributed by atoms with Gasteiger partial charge in [-0.2, -0.15) is 0 Å². The largest absolute Gasteiger partial charge is 0.324 e. The van der Waals surface area contributed by atoms with Crippen molar-refractivity contribution in [1.82, 2.24) is 15.1 Å². The molecule has 6 heteroatoms.